The van der Waals surface area contributed by atoms with Crippen LogP contribution in [0.15, 0.2) is 70.7 Å². The van der Waals surface area contributed by atoms with Crippen LogP contribution in [0.25, 0.3) is 0 Å². The minimum atomic E-state index is -4.20. The first-order valence-electron chi connectivity index (χ1n) is 11.3. The third-order valence-corrected chi connectivity index (χ3v) is 7.27. The van der Waals surface area contributed by atoms with Gasteiger partial charge < -0.3 is 18.9 Å². The summed E-state index contributed by atoms with van der Waals surface area (Å²) in [6.07, 6.45) is 0.393. The Labute approximate surface area is 230 Å². The summed E-state index contributed by atoms with van der Waals surface area (Å²) in [5.74, 6) is -0.189. The molecule has 0 radical (unpaired) electrons. The van der Waals surface area contributed by atoms with Crippen molar-refractivity contribution >= 4 is 45.6 Å². The monoisotopic (exact) mass is 575 g/mol. The summed E-state index contributed by atoms with van der Waals surface area (Å²) in [6, 6.07) is 15.2. The lowest BCUT2D eigenvalue weighted by molar-refractivity contribution is -0.119. The predicted molar refractivity (Wildman–Crippen MR) is 145 cm³/mol. The Bertz CT molecular complexity index is 1480. The largest absolute Gasteiger partial charge is 0.513 e. The van der Waals surface area contributed by atoms with Gasteiger partial charge in [-0.2, -0.15) is 5.10 Å². The lowest BCUT2D eigenvalue weighted by Crippen LogP contribution is -2.39. The van der Waals surface area contributed by atoms with Gasteiger partial charge >= 0.3 is 6.16 Å². The zero-order chi connectivity index (χ0) is 28.6. The number of nitrogens with one attached hydrogen (secondary N) is 1. The molecule has 3 aromatic carbocycles. The molecule has 0 atom stereocenters. The number of carbonyl (C=O) groups excluding carboxylic acids is 2. The Hall–Kier alpha value is -4.29. The molecular formula is C26H26ClN3O8S. The van der Waals surface area contributed by atoms with Crippen molar-refractivity contribution in [3.8, 4) is 17.2 Å². The highest BCUT2D eigenvalue weighted by molar-refractivity contribution is 7.92. The molecule has 0 heterocycles. The molecule has 3 rings (SSSR count). The smallest absolute Gasteiger partial charge is 0.495 e. The Morgan fingerprint density at radius 3 is 2.26 bits per heavy atom. The van der Waals surface area contributed by atoms with E-state index in [4.69, 9.17) is 25.8 Å². The Balaban J connectivity index is 1.85. The second-order valence-corrected chi connectivity index (χ2v) is 10.2. The van der Waals surface area contributed by atoms with Gasteiger partial charge in [0.25, 0.3) is 15.9 Å². The Morgan fingerprint density at radius 1 is 0.949 bits per heavy atom. The number of ether oxygens (including phenoxy) is 4. The van der Waals surface area contributed by atoms with Gasteiger partial charge in [-0.3, -0.25) is 9.10 Å². The summed E-state index contributed by atoms with van der Waals surface area (Å²) in [5, 5.41) is 4.16. The number of hydrazone groups is 1. The number of benzene rings is 3. The average Bonchev–Trinajstić information content (AvgIpc) is 2.92. The molecular weight excluding hydrogens is 550 g/mol. The standard InChI is InChI=1S/C26H26ClN3O8S/c1-17-5-9-20(10-6-17)39(33,34)30(21-14-19(27)8-12-22(21)35-2)16-25(31)29-28-15-18-7-11-23(24(13-18)36-3)38-26(32)37-4/h5-15H,16H2,1-4H3,(H,29,31)/b28-15-. The van der Waals surface area contributed by atoms with Crippen LogP contribution < -0.4 is 23.9 Å². The minimum absolute atomic E-state index is 0.0206. The zero-order valence-electron chi connectivity index (χ0n) is 21.5. The van der Waals surface area contributed by atoms with Crippen LogP contribution >= 0.6 is 11.6 Å². The van der Waals surface area contributed by atoms with Gasteiger partial charge in [0, 0.05) is 5.02 Å². The van der Waals surface area contributed by atoms with E-state index < -0.39 is 28.6 Å². The number of hydrogen-bond acceptors (Lipinski definition) is 9. The van der Waals surface area contributed by atoms with E-state index in [1.165, 1.54) is 63.9 Å². The van der Waals surface area contributed by atoms with Crippen molar-refractivity contribution in [3.63, 3.8) is 0 Å². The highest BCUT2D eigenvalue weighted by atomic mass is 35.5. The topological polar surface area (TPSA) is 133 Å². The fraction of sp³-hybridized carbons (Fsp3) is 0.192. The van der Waals surface area contributed by atoms with E-state index in [2.05, 4.69) is 15.3 Å². The molecule has 0 bridgehead atoms. The SMILES string of the molecule is COC(=O)Oc1ccc(/C=N\NC(=O)CN(c2cc(Cl)ccc2OC)S(=O)(=O)c2ccc(C)cc2)cc1OC. The molecule has 0 spiro atoms. The van der Waals surface area contributed by atoms with Crippen LogP contribution in [0.3, 0.4) is 0 Å². The number of aryl methyl sites for hydroxylation is 1. The van der Waals surface area contributed by atoms with Crippen molar-refractivity contribution in [2.45, 2.75) is 11.8 Å². The summed E-state index contributed by atoms with van der Waals surface area (Å²) in [7, 11) is -0.267. The van der Waals surface area contributed by atoms with Crippen LogP contribution in [-0.4, -0.2) is 54.6 Å². The fourth-order valence-corrected chi connectivity index (χ4v) is 4.91. The molecule has 11 nitrogen and oxygen atoms in total. The maximum Gasteiger partial charge on any atom is 0.513 e. The maximum absolute atomic E-state index is 13.6. The Morgan fingerprint density at radius 2 is 1.62 bits per heavy atom. The quantitative estimate of drug-likeness (QED) is 0.165. The van der Waals surface area contributed by atoms with Gasteiger partial charge in [-0.15, -0.1) is 0 Å². The molecule has 1 amide bonds. The van der Waals surface area contributed by atoms with Gasteiger partial charge in [-0.25, -0.2) is 18.6 Å². The average molecular weight is 576 g/mol. The molecule has 0 aliphatic rings. The molecule has 0 aromatic heterocycles. The molecule has 0 aliphatic heterocycles. The van der Waals surface area contributed by atoms with Crippen molar-refractivity contribution in [2.75, 3.05) is 32.2 Å². The van der Waals surface area contributed by atoms with Crippen molar-refractivity contribution < 1.29 is 37.0 Å². The van der Waals surface area contributed by atoms with E-state index >= 15 is 0 Å². The summed E-state index contributed by atoms with van der Waals surface area (Å²) in [4.78, 5) is 24.2. The number of hydrogen-bond donors (Lipinski definition) is 1. The van der Waals surface area contributed by atoms with Crippen LogP contribution in [0.2, 0.25) is 5.02 Å². The van der Waals surface area contributed by atoms with E-state index in [-0.39, 0.29) is 32.9 Å². The van der Waals surface area contributed by atoms with Crippen LogP contribution in [0.5, 0.6) is 17.2 Å². The van der Waals surface area contributed by atoms with Crippen molar-refractivity contribution in [2.24, 2.45) is 5.10 Å². The zero-order valence-corrected chi connectivity index (χ0v) is 23.1. The number of nitrogens with zero attached hydrogens (tertiary/aromatic N) is 2. The van der Waals surface area contributed by atoms with Gasteiger partial charge in [0.15, 0.2) is 11.5 Å². The van der Waals surface area contributed by atoms with Gasteiger partial charge in [0.2, 0.25) is 0 Å². The first-order valence-corrected chi connectivity index (χ1v) is 13.1. The molecule has 1 N–H and O–H groups in total. The lowest BCUT2D eigenvalue weighted by Gasteiger charge is -2.25. The molecule has 3 aromatic rings. The van der Waals surface area contributed by atoms with Crippen LogP contribution in [0, 0.1) is 6.92 Å². The molecule has 0 unspecified atom stereocenters. The summed E-state index contributed by atoms with van der Waals surface area (Å²) < 4.78 is 48.1. The molecule has 39 heavy (non-hydrogen) atoms. The molecule has 0 saturated heterocycles. The highest BCUT2D eigenvalue weighted by Crippen LogP contribution is 2.35. The molecule has 206 valence electrons. The Kier molecular flexibility index (Phi) is 9.74. The third-order valence-electron chi connectivity index (χ3n) is 5.26. The summed E-state index contributed by atoms with van der Waals surface area (Å²) in [6.45, 7) is 1.20. The number of carbonyl (C=O) groups is 2. The number of sulfonamides is 1. The number of anilines is 1. The van der Waals surface area contributed by atoms with Crippen molar-refractivity contribution in [1.29, 1.82) is 0 Å². The predicted octanol–water partition coefficient (Wildman–Crippen LogP) is 4.16. The van der Waals surface area contributed by atoms with E-state index in [0.717, 1.165) is 9.87 Å². The highest BCUT2D eigenvalue weighted by Gasteiger charge is 2.29. The molecule has 0 fully saturated rings. The van der Waals surface area contributed by atoms with E-state index in [1.807, 2.05) is 6.92 Å². The number of amides is 1. The van der Waals surface area contributed by atoms with E-state index in [9.17, 15) is 18.0 Å². The number of halogens is 1. The minimum Gasteiger partial charge on any atom is -0.495 e. The van der Waals surface area contributed by atoms with Crippen LogP contribution in [-0.2, 0) is 19.6 Å². The van der Waals surface area contributed by atoms with Crippen molar-refractivity contribution in [3.05, 3.63) is 76.8 Å². The van der Waals surface area contributed by atoms with E-state index in [0.29, 0.717) is 5.56 Å². The fourth-order valence-electron chi connectivity index (χ4n) is 3.32. The summed E-state index contributed by atoms with van der Waals surface area (Å²) in [5.41, 5.74) is 3.75. The van der Waals surface area contributed by atoms with Crippen LogP contribution in [0.1, 0.15) is 11.1 Å². The summed E-state index contributed by atoms with van der Waals surface area (Å²) >= 11 is 6.15. The van der Waals surface area contributed by atoms with Gasteiger partial charge in [0.05, 0.1) is 38.1 Å². The molecule has 0 saturated carbocycles. The van der Waals surface area contributed by atoms with Gasteiger partial charge in [0.1, 0.15) is 12.3 Å². The third kappa shape index (κ3) is 7.39. The van der Waals surface area contributed by atoms with Crippen molar-refractivity contribution in [1.82, 2.24) is 5.43 Å². The number of rotatable bonds is 10. The lowest BCUT2D eigenvalue weighted by atomic mass is 10.2. The number of methoxy groups -OCH3 is 3. The van der Waals surface area contributed by atoms with E-state index in [1.54, 1.807) is 24.3 Å². The second-order valence-electron chi connectivity index (χ2n) is 7.90. The van der Waals surface area contributed by atoms with Crippen LogP contribution in [0.4, 0.5) is 10.5 Å². The molecule has 13 heteroatoms. The maximum atomic E-state index is 13.6. The molecule has 0 aliphatic carbocycles. The van der Waals surface area contributed by atoms with Gasteiger partial charge in [-0.1, -0.05) is 29.3 Å². The first kappa shape index (κ1) is 29.3. The first-order chi connectivity index (χ1) is 18.6. The van der Waals surface area contributed by atoms with Gasteiger partial charge in [-0.05, 0) is 61.0 Å². The normalized spacial score (nSPS) is 11.1. The second kappa shape index (κ2) is 13.0.